The van der Waals surface area contributed by atoms with E-state index in [0.717, 1.165) is 33.5 Å². The lowest BCUT2D eigenvalue weighted by molar-refractivity contribution is 0.630. The Morgan fingerprint density at radius 2 is 1.02 bits per heavy atom. The van der Waals surface area contributed by atoms with E-state index < -0.39 is 7.40 Å². The summed E-state index contributed by atoms with van der Waals surface area (Å²) in [6.07, 6.45) is 2.07. The van der Waals surface area contributed by atoms with Gasteiger partial charge in [0.15, 0.2) is 0 Å². The molecule has 0 bridgehead atoms. The largest absolute Gasteiger partial charge is 0.678 e. The number of hydrogen-bond acceptors (Lipinski definition) is 1. The van der Waals surface area contributed by atoms with Crippen LogP contribution in [0.5, 0.6) is 0 Å². The molecule has 0 unspecified atom stereocenters. The molecule has 0 spiro atoms. The van der Waals surface area contributed by atoms with Gasteiger partial charge in [0.1, 0.15) is 0 Å². The summed E-state index contributed by atoms with van der Waals surface area (Å²) >= 11 is 0. The fourth-order valence-corrected chi connectivity index (χ4v) is 5.85. The lowest BCUT2D eigenvalue weighted by Crippen LogP contribution is -2.18. The van der Waals surface area contributed by atoms with Gasteiger partial charge >= 0.3 is 7.40 Å². The second-order valence-electron chi connectivity index (χ2n) is 10.5. The molecule has 0 amide bonds. The van der Waals surface area contributed by atoms with Crippen molar-refractivity contribution in [3.8, 4) is 22.4 Å². The highest BCUT2D eigenvalue weighted by Crippen LogP contribution is 2.45. The molecule has 0 saturated carbocycles. The number of hydrogen-bond donors (Lipinski definition) is 0. The molecule has 5 aromatic carbocycles. The molecule has 0 radical (unpaired) electrons. The van der Waals surface area contributed by atoms with Crippen molar-refractivity contribution in [1.29, 1.82) is 0 Å². The maximum atomic E-state index is 15.5. The van der Waals surface area contributed by atoms with E-state index in [0.29, 0.717) is 33.8 Å². The van der Waals surface area contributed by atoms with E-state index in [1.165, 1.54) is 4.48 Å². The first kappa shape index (κ1) is 27.3. The summed E-state index contributed by atoms with van der Waals surface area (Å²) in [5.41, 5.74) is 8.84. The number of allylic oxidation sites excluding steroid dienone is 2. The summed E-state index contributed by atoms with van der Waals surface area (Å²) in [6, 6.07) is 50.8. The van der Waals surface area contributed by atoms with Gasteiger partial charge in [-0.3, -0.25) is 8.63 Å². The quantitative estimate of drug-likeness (QED) is 0.170. The molecule has 1 aromatic heterocycles. The Labute approximate surface area is 256 Å². The van der Waals surface area contributed by atoms with Crippen LogP contribution in [0, 0.1) is 0 Å². The molecule has 1 aliphatic heterocycles. The van der Waals surface area contributed by atoms with Gasteiger partial charge in [0.2, 0.25) is 0 Å². The smallest absolute Gasteiger partial charge is 0.324 e. The first-order valence-corrected chi connectivity index (χ1v) is 14.5. The van der Waals surface area contributed by atoms with Crippen LogP contribution in [0.2, 0.25) is 0 Å². The third kappa shape index (κ3) is 5.14. The van der Waals surface area contributed by atoms with Gasteiger partial charge in [-0.2, -0.15) is 0 Å². The van der Waals surface area contributed by atoms with Gasteiger partial charge in [0.25, 0.3) is 0 Å². The van der Waals surface area contributed by atoms with Crippen LogP contribution < -0.4 is 0 Å². The van der Waals surface area contributed by atoms with E-state index in [4.69, 9.17) is 4.99 Å². The number of benzene rings is 5. The second-order valence-corrected chi connectivity index (χ2v) is 10.5. The van der Waals surface area contributed by atoms with Gasteiger partial charge in [0, 0.05) is 28.0 Å². The van der Waals surface area contributed by atoms with Crippen LogP contribution in [0.4, 0.5) is 8.63 Å². The standard InChI is InChI=1S/C39H27BF2N2/c41-40(42)44-36(31-22-12-4-13-23-31)27-34(29-18-8-2-9-19-29)39(44)37(32-24-14-5-15-25-32)38-33(28-16-6-1-7-17-28)26-35(43-38)30-20-10-3-11-21-30/h1-27H/b38-37-. The Bertz CT molecular complexity index is 2000. The van der Waals surface area contributed by atoms with Gasteiger partial charge in [-0.05, 0) is 34.4 Å². The summed E-state index contributed by atoms with van der Waals surface area (Å²) in [4.78, 5) is 5.23. The van der Waals surface area contributed by atoms with E-state index >= 15 is 8.63 Å². The average Bonchev–Trinajstić information content (AvgIpc) is 3.71. The number of aromatic nitrogens is 1. The van der Waals surface area contributed by atoms with Crippen molar-refractivity contribution in [2.45, 2.75) is 0 Å². The Hall–Kier alpha value is -5.55. The van der Waals surface area contributed by atoms with E-state index in [1.54, 1.807) is 0 Å². The molecular formula is C39H27BF2N2. The normalized spacial score (nSPS) is 13.8. The number of rotatable bonds is 7. The summed E-state index contributed by atoms with van der Waals surface area (Å²) in [5.74, 6) is 0. The van der Waals surface area contributed by atoms with Crippen LogP contribution in [0.25, 0.3) is 33.5 Å². The van der Waals surface area contributed by atoms with Gasteiger partial charge in [-0.15, -0.1) is 0 Å². The average molecular weight is 572 g/mol. The third-order valence-electron chi connectivity index (χ3n) is 7.84. The highest BCUT2D eigenvalue weighted by molar-refractivity contribution is 6.42. The minimum atomic E-state index is -2.81. The minimum absolute atomic E-state index is 0.422. The van der Waals surface area contributed by atoms with Crippen LogP contribution in [0.3, 0.4) is 0 Å². The molecule has 0 fully saturated rings. The molecule has 210 valence electrons. The van der Waals surface area contributed by atoms with Crippen molar-refractivity contribution >= 4 is 24.3 Å². The zero-order valence-corrected chi connectivity index (χ0v) is 23.8. The lowest BCUT2D eigenvalue weighted by atomic mass is 9.90. The van der Waals surface area contributed by atoms with Crippen LogP contribution in [-0.4, -0.2) is 17.6 Å². The Balaban J connectivity index is 1.63. The van der Waals surface area contributed by atoms with Gasteiger partial charge in [-0.25, -0.2) is 4.99 Å². The summed E-state index contributed by atoms with van der Waals surface area (Å²) < 4.78 is 32.2. The van der Waals surface area contributed by atoms with Crippen LogP contribution in [0.1, 0.15) is 22.4 Å². The molecule has 44 heavy (non-hydrogen) atoms. The first-order chi connectivity index (χ1) is 21.7. The highest BCUT2D eigenvalue weighted by Gasteiger charge is 2.33. The Morgan fingerprint density at radius 1 is 0.545 bits per heavy atom. The monoisotopic (exact) mass is 572 g/mol. The maximum Gasteiger partial charge on any atom is 0.678 e. The van der Waals surface area contributed by atoms with Crippen LogP contribution in [-0.2, 0) is 0 Å². The molecule has 6 aromatic rings. The van der Waals surface area contributed by atoms with Crippen molar-refractivity contribution in [2.75, 3.05) is 0 Å². The first-order valence-electron chi connectivity index (χ1n) is 14.5. The third-order valence-corrected chi connectivity index (χ3v) is 7.84. The molecule has 7 rings (SSSR count). The maximum absolute atomic E-state index is 15.5. The molecule has 0 N–H and O–H groups in total. The van der Waals surface area contributed by atoms with Crippen LogP contribution >= 0.6 is 0 Å². The van der Waals surface area contributed by atoms with E-state index in [-0.39, 0.29) is 0 Å². The topological polar surface area (TPSA) is 17.3 Å². The van der Waals surface area contributed by atoms with Crippen molar-refractivity contribution in [1.82, 2.24) is 4.48 Å². The fraction of sp³-hybridized carbons (Fsp3) is 0. The van der Waals surface area contributed by atoms with Crippen molar-refractivity contribution in [2.24, 2.45) is 4.99 Å². The zero-order chi connectivity index (χ0) is 29.9. The molecule has 5 heteroatoms. The van der Waals surface area contributed by atoms with Gasteiger partial charge in [0.05, 0.1) is 17.1 Å². The molecule has 2 nitrogen and oxygen atoms in total. The van der Waals surface area contributed by atoms with Gasteiger partial charge < -0.3 is 4.48 Å². The van der Waals surface area contributed by atoms with Crippen LogP contribution in [0.15, 0.2) is 174 Å². The predicted octanol–water partition coefficient (Wildman–Crippen LogP) is 9.94. The van der Waals surface area contributed by atoms with Crippen molar-refractivity contribution < 1.29 is 8.63 Å². The van der Waals surface area contributed by atoms with E-state index in [2.05, 4.69) is 6.08 Å². The van der Waals surface area contributed by atoms with Crippen molar-refractivity contribution in [3.05, 3.63) is 192 Å². The minimum Gasteiger partial charge on any atom is -0.324 e. The highest BCUT2D eigenvalue weighted by atomic mass is 19.2. The summed E-state index contributed by atoms with van der Waals surface area (Å²) in [5, 5.41) is 0. The number of halogens is 2. The molecule has 0 atom stereocenters. The Kier molecular flexibility index (Phi) is 7.43. The summed E-state index contributed by atoms with van der Waals surface area (Å²) in [6.45, 7) is 0. The SMILES string of the molecule is FB(F)n1c(-c2ccccc2)cc(-c2ccccc2)c1/C(=C1\N=C(c2ccccc2)C=C1c1ccccc1)c1ccccc1. The second kappa shape index (κ2) is 12.0. The molecule has 0 saturated heterocycles. The zero-order valence-electron chi connectivity index (χ0n) is 23.8. The molecular weight excluding hydrogens is 545 g/mol. The number of aliphatic imine (C=N–C) groups is 1. The lowest BCUT2D eigenvalue weighted by Gasteiger charge is -2.19. The Morgan fingerprint density at radius 3 is 1.57 bits per heavy atom. The molecule has 1 aliphatic rings. The van der Waals surface area contributed by atoms with E-state index in [9.17, 15) is 0 Å². The van der Waals surface area contributed by atoms with Gasteiger partial charge in [-0.1, -0.05) is 152 Å². The molecule has 0 aliphatic carbocycles. The predicted molar refractivity (Wildman–Crippen MR) is 179 cm³/mol. The summed E-state index contributed by atoms with van der Waals surface area (Å²) in [7, 11) is -2.81. The molecule has 2 heterocycles. The van der Waals surface area contributed by atoms with E-state index in [1.807, 2.05) is 158 Å². The fourth-order valence-electron chi connectivity index (χ4n) is 5.85. The number of nitrogens with zero attached hydrogens (tertiary/aromatic N) is 2. The van der Waals surface area contributed by atoms with Crippen molar-refractivity contribution in [3.63, 3.8) is 0 Å².